The first-order chi connectivity index (χ1) is 12.0. The SMILES string of the molecule is CC(C)C[C@H]1CN(c2ccnc(C(=O)c3cccnc3[NH])n2)CCN1. The predicted octanol–water partition coefficient (Wildman–Crippen LogP) is 1.84. The second-order valence-electron chi connectivity index (χ2n) is 6.69. The lowest BCUT2D eigenvalue weighted by molar-refractivity contribution is 0.102. The van der Waals surface area contributed by atoms with Crippen LogP contribution in [0, 0.1) is 5.92 Å². The molecule has 7 heteroatoms. The van der Waals surface area contributed by atoms with Crippen LogP contribution in [0.5, 0.6) is 0 Å². The molecule has 3 rings (SSSR count). The number of carbonyl (C=O) groups is 1. The first-order valence-electron chi connectivity index (χ1n) is 8.57. The molecule has 0 saturated carbocycles. The summed E-state index contributed by atoms with van der Waals surface area (Å²) in [7, 11) is 0. The van der Waals surface area contributed by atoms with Gasteiger partial charge in [0.1, 0.15) is 5.82 Å². The van der Waals surface area contributed by atoms with Gasteiger partial charge in [0.15, 0.2) is 5.82 Å². The summed E-state index contributed by atoms with van der Waals surface area (Å²) in [6, 6.07) is 5.47. The lowest BCUT2D eigenvalue weighted by atomic mass is 10.0. The summed E-state index contributed by atoms with van der Waals surface area (Å²) in [5.74, 6) is 1.07. The van der Waals surface area contributed by atoms with Gasteiger partial charge in [-0.2, -0.15) is 0 Å². The zero-order valence-electron chi connectivity index (χ0n) is 14.6. The normalized spacial score (nSPS) is 17.7. The molecule has 25 heavy (non-hydrogen) atoms. The zero-order valence-corrected chi connectivity index (χ0v) is 14.6. The minimum atomic E-state index is -0.367. The smallest absolute Gasteiger partial charge is 0.234 e. The molecule has 1 fully saturated rings. The molecular formula is C18H23N6O. The topological polar surface area (TPSA) is 94.8 Å². The molecule has 0 aliphatic carbocycles. The second-order valence-corrected chi connectivity index (χ2v) is 6.69. The van der Waals surface area contributed by atoms with Gasteiger partial charge >= 0.3 is 0 Å². The summed E-state index contributed by atoms with van der Waals surface area (Å²) < 4.78 is 0. The summed E-state index contributed by atoms with van der Waals surface area (Å²) in [5.41, 5.74) is 8.01. The average Bonchev–Trinajstić information content (AvgIpc) is 2.61. The molecule has 2 aromatic heterocycles. The molecule has 1 radical (unpaired) electrons. The highest BCUT2D eigenvalue weighted by Gasteiger charge is 2.23. The fourth-order valence-corrected chi connectivity index (χ4v) is 3.10. The average molecular weight is 339 g/mol. The van der Waals surface area contributed by atoms with Gasteiger partial charge in [-0.15, -0.1) is 0 Å². The molecule has 3 heterocycles. The van der Waals surface area contributed by atoms with Crippen molar-refractivity contribution in [1.82, 2.24) is 26.0 Å². The van der Waals surface area contributed by atoms with Crippen molar-refractivity contribution in [3.63, 3.8) is 0 Å². The molecule has 0 amide bonds. The summed E-state index contributed by atoms with van der Waals surface area (Å²) in [4.78, 5) is 27.2. The Morgan fingerprint density at radius 1 is 1.36 bits per heavy atom. The van der Waals surface area contributed by atoms with Gasteiger partial charge in [-0.1, -0.05) is 13.8 Å². The standard InChI is InChI=1S/C18H23N6O/c1-12(2)10-13-11-24(9-8-20-13)15-5-7-22-18(23-15)16(25)14-4-3-6-21-17(14)19/h3-7,12-13,19-20H,8-11H2,1-2H3/t13-/m0/s1. The zero-order chi connectivity index (χ0) is 17.8. The molecule has 2 N–H and O–H groups in total. The molecule has 0 aromatic carbocycles. The fraction of sp³-hybridized carbons (Fsp3) is 0.444. The third-order valence-corrected chi connectivity index (χ3v) is 4.23. The van der Waals surface area contributed by atoms with Crippen molar-refractivity contribution in [2.24, 2.45) is 5.92 Å². The maximum atomic E-state index is 12.6. The molecule has 1 aliphatic rings. The molecule has 131 valence electrons. The van der Waals surface area contributed by atoms with E-state index in [1.165, 1.54) is 6.20 Å². The number of anilines is 1. The van der Waals surface area contributed by atoms with Crippen molar-refractivity contribution in [2.45, 2.75) is 26.3 Å². The highest BCUT2D eigenvalue weighted by atomic mass is 16.1. The fourth-order valence-electron chi connectivity index (χ4n) is 3.10. The van der Waals surface area contributed by atoms with E-state index < -0.39 is 0 Å². The maximum Gasteiger partial charge on any atom is 0.234 e. The van der Waals surface area contributed by atoms with E-state index in [0.29, 0.717) is 12.0 Å². The lowest BCUT2D eigenvalue weighted by Gasteiger charge is -2.35. The van der Waals surface area contributed by atoms with E-state index in [0.717, 1.165) is 31.9 Å². The minimum Gasteiger partial charge on any atom is -0.354 e. The number of carbonyl (C=O) groups excluding carboxylic acids is 1. The van der Waals surface area contributed by atoms with Crippen LogP contribution in [0.2, 0.25) is 0 Å². The van der Waals surface area contributed by atoms with Gasteiger partial charge in [-0.05, 0) is 30.5 Å². The van der Waals surface area contributed by atoms with Gasteiger partial charge in [0.05, 0.1) is 5.56 Å². The maximum absolute atomic E-state index is 12.6. The predicted molar refractivity (Wildman–Crippen MR) is 95.9 cm³/mol. The van der Waals surface area contributed by atoms with Gasteiger partial charge in [-0.3, -0.25) is 10.5 Å². The highest BCUT2D eigenvalue weighted by molar-refractivity contribution is 6.09. The van der Waals surface area contributed by atoms with E-state index in [-0.39, 0.29) is 23.0 Å². The van der Waals surface area contributed by atoms with Crippen LogP contribution in [0.1, 0.15) is 36.5 Å². The van der Waals surface area contributed by atoms with Crippen molar-refractivity contribution in [3.8, 4) is 0 Å². The van der Waals surface area contributed by atoms with Crippen LogP contribution in [0.3, 0.4) is 0 Å². The Bertz CT molecular complexity index is 748. The Balaban J connectivity index is 1.79. The van der Waals surface area contributed by atoms with E-state index in [2.05, 4.69) is 39.0 Å². The number of nitrogens with zero attached hydrogens (tertiary/aromatic N) is 4. The van der Waals surface area contributed by atoms with E-state index in [1.54, 1.807) is 18.3 Å². The molecule has 1 atom stereocenters. The van der Waals surface area contributed by atoms with Gasteiger partial charge in [0.2, 0.25) is 11.6 Å². The molecule has 0 unspecified atom stereocenters. The minimum absolute atomic E-state index is 0.0549. The van der Waals surface area contributed by atoms with Crippen molar-refractivity contribution in [3.05, 3.63) is 42.0 Å². The van der Waals surface area contributed by atoms with E-state index >= 15 is 0 Å². The van der Waals surface area contributed by atoms with Crippen LogP contribution < -0.4 is 16.0 Å². The van der Waals surface area contributed by atoms with Crippen molar-refractivity contribution in [1.29, 1.82) is 0 Å². The highest BCUT2D eigenvalue weighted by Crippen LogP contribution is 2.18. The number of aromatic nitrogens is 3. The van der Waals surface area contributed by atoms with E-state index in [1.807, 2.05) is 6.07 Å². The van der Waals surface area contributed by atoms with Crippen molar-refractivity contribution < 1.29 is 4.79 Å². The first-order valence-corrected chi connectivity index (χ1v) is 8.57. The van der Waals surface area contributed by atoms with Gasteiger partial charge in [0, 0.05) is 38.1 Å². The summed E-state index contributed by atoms with van der Waals surface area (Å²) in [6.45, 7) is 7.03. The Labute approximate surface area is 147 Å². The van der Waals surface area contributed by atoms with Crippen LogP contribution in [-0.2, 0) is 0 Å². The number of ketones is 1. The summed E-state index contributed by atoms with van der Waals surface area (Å²) >= 11 is 0. The summed E-state index contributed by atoms with van der Waals surface area (Å²) in [5, 5.41) is 3.54. The molecule has 2 aromatic rings. The van der Waals surface area contributed by atoms with Gasteiger partial charge in [0.25, 0.3) is 0 Å². The monoisotopic (exact) mass is 339 g/mol. The van der Waals surface area contributed by atoms with Crippen LogP contribution >= 0.6 is 0 Å². The van der Waals surface area contributed by atoms with E-state index in [4.69, 9.17) is 5.73 Å². The molecule has 0 bridgehead atoms. The van der Waals surface area contributed by atoms with E-state index in [9.17, 15) is 4.79 Å². The number of nitrogens with one attached hydrogen (secondary N) is 2. The lowest BCUT2D eigenvalue weighted by Crippen LogP contribution is -2.51. The number of rotatable bonds is 5. The van der Waals surface area contributed by atoms with Crippen molar-refractivity contribution >= 4 is 17.4 Å². The van der Waals surface area contributed by atoms with Crippen LogP contribution in [0.25, 0.3) is 0 Å². The first kappa shape index (κ1) is 17.3. The van der Waals surface area contributed by atoms with Crippen LogP contribution in [0.15, 0.2) is 30.6 Å². The quantitative estimate of drug-likeness (QED) is 0.835. The Morgan fingerprint density at radius 2 is 2.20 bits per heavy atom. The largest absolute Gasteiger partial charge is 0.354 e. The molecule has 1 aliphatic heterocycles. The Kier molecular flexibility index (Phi) is 5.23. The number of pyridine rings is 1. The van der Waals surface area contributed by atoms with Crippen molar-refractivity contribution in [2.75, 3.05) is 24.5 Å². The van der Waals surface area contributed by atoms with Crippen LogP contribution in [-0.4, -0.2) is 46.4 Å². The van der Waals surface area contributed by atoms with Gasteiger partial charge in [-0.25, -0.2) is 15.0 Å². The van der Waals surface area contributed by atoms with Crippen LogP contribution in [0.4, 0.5) is 11.6 Å². The molecule has 1 saturated heterocycles. The second kappa shape index (κ2) is 7.57. The molecular weight excluding hydrogens is 316 g/mol. The Hall–Kier alpha value is -2.54. The third-order valence-electron chi connectivity index (χ3n) is 4.23. The number of hydrogen-bond acceptors (Lipinski definition) is 6. The number of hydrogen-bond donors (Lipinski definition) is 1. The Morgan fingerprint density at radius 3 is 2.96 bits per heavy atom. The third kappa shape index (κ3) is 4.11. The number of piperazine rings is 1. The summed E-state index contributed by atoms with van der Waals surface area (Å²) in [6.07, 6.45) is 4.20. The molecule has 0 spiro atoms. The van der Waals surface area contributed by atoms with Gasteiger partial charge < -0.3 is 10.2 Å². The molecule has 7 nitrogen and oxygen atoms in total.